The molecule has 0 aliphatic rings. The lowest BCUT2D eigenvalue weighted by molar-refractivity contribution is 0.199. The molecule has 0 aliphatic heterocycles. The van der Waals surface area contributed by atoms with Gasteiger partial charge in [0.1, 0.15) is 5.03 Å². The van der Waals surface area contributed by atoms with Crippen LogP contribution in [0.15, 0.2) is 23.4 Å². The first-order valence-electron chi connectivity index (χ1n) is 6.15. The molecule has 2 N–H and O–H groups in total. The van der Waals surface area contributed by atoms with Crippen molar-refractivity contribution in [1.29, 1.82) is 0 Å². The van der Waals surface area contributed by atoms with Crippen molar-refractivity contribution >= 4 is 11.8 Å². The van der Waals surface area contributed by atoms with Crippen LogP contribution < -0.4 is 5.32 Å². The van der Waals surface area contributed by atoms with Gasteiger partial charge in [-0.2, -0.15) is 0 Å². The van der Waals surface area contributed by atoms with Crippen LogP contribution in [0.5, 0.6) is 0 Å². The van der Waals surface area contributed by atoms with Crippen LogP contribution in [0.4, 0.5) is 0 Å². The van der Waals surface area contributed by atoms with Crippen LogP contribution in [-0.4, -0.2) is 42.7 Å². The van der Waals surface area contributed by atoms with Gasteiger partial charge in [0.05, 0.1) is 6.61 Å². The SMILES string of the molecule is COCCNCc1cccnc1SCC(C)CO. The summed E-state index contributed by atoms with van der Waals surface area (Å²) in [5.74, 6) is 1.18. The maximum Gasteiger partial charge on any atom is 0.100 e. The van der Waals surface area contributed by atoms with E-state index in [0.717, 1.165) is 23.9 Å². The summed E-state index contributed by atoms with van der Waals surface area (Å²) < 4.78 is 4.99. The molecular formula is C13H22N2O2S. The number of aliphatic hydroxyl groups is 1. The molecule has 1 rings (SSSR count). The van der Waals surface area contributed by atoms with Gasteiger partial charge in [-0.15, -0.1) is 11.8 Å². The van der Waals surface area contributed by atoms with E-state index in [2.05, 4.69) is 16.4 Å². The van der Waals surface area contributed by atoms with Crippen molar-refractivity contribution in [1.82, 2.24) is 10.3 Å². The zero-order chi connectivity index (χ0) is 13.2. The number of nitrogens with zero attached hydrogens (tertiary/aromatic N) is 1. The molecule has 1 aromatic heterocycles. The van der Waals surface area contributed by atoms with Crippen molar-refractivity contribution in [3.63, 3.8) is 0 Å². The maximum absolute atomic E-state index is 9.02. The predicted molar refractivity (Wildman–Crippen MR) is 74.8 cm³/mol. The highest BCUT2D eigenvalue weighted by atomic mass is 32.2. The fourth-order valence-corrected chi connectivity index (χ4v) is 2.37. The summed E-state index contributed by atoms with van der Waals surface area (Å²) in [6.07, 6.45) is 1.81. The van der Waals surface area contributed by atoms with E-state index in [1.165, 1.54) is 5.56 Å². The Labute approximate surface area is 113 Å². The minimum absolute atomic E-state index is 0.223. The minimum atomic E-state index is 0.223. The molecule has 5 heteroatoms. The van der Waals surface area contributed by atoms with Crippen LogP contribution in [0.3, 0.4) is 0 Å². The maximum atomic E-state index is 9.02. The number of rotatable bonds is 9. The van der Waals surface area contributed by atoms with Crippen LogP contribution in [0, 0.1) is 5.92 Å². The number of pyridine rings is 1. The van der Waals surface area contributed by atoms with Gasteiger partial charge in [-0.05, 0) is 17.5 Å². The average molecular weight is 270 g/mol. The Balaban J connectivity index is 2.45. The second-order valence-corrected chi connectivity index (χ2v) is 5.24. The topological polar surface area (TPSA) is 54.4 Å². The van der Waals surface area contributed by atoms with E-state index in [1.807, 2.05) is 19.2 Å². The third-order valence-electron chi connectivity index (χ3n) is 2.46. The molecule has 1 aromatic rings. The van der Waals surface area contributed by atoms with Crippen LogP contribution in [0.25, 0.3) is 0 Å². The van der Waals surface area contributed by atoms with Gasteiger partial charge in [0.2, 0.25) is 0 Å². The van der Waals surface area contributed by atoms with E-state index in [4.69, 9.17) is 9.84 Å². The van der Waals surface area contributed by atoms with Gasteiger partial charge < -0.3 is 15.2 Å². The van der Waals surface area contributed by atoms with Crippen LogP contribution >= 0.6 is 11.8 Å². The average Bonchev–Trinajstić information content (AvgIpc) is 2.42. The summed E-state index contributed by atoms with van der Waals surface area (Å²) in [5, 5.41) is 13.4. The lowest BCUT2D eigenvalue weighted by Crippen LogP contribution is -2.19. The summed E-state index contributed by atoms with van der Waals surface area (Å²) >= 11 is 1.70. The molecule has 0 saturated carbocycles. The summed E-state index contributed by atoms with van der Waals surface area (Å²) in [4.78, 5) is 4.39. The first-order chi connectivity index (χ1) is 8.77. The van der Waals surface area contributed by atoms with Crippen molar-refractivity contribution in [2.24, 2.45) is 5.92 Å². The molecule has 0 bridgehead atoms. The fraction of sp³-hybridized carbons (Fsp3) is 0.615. The smallest absolute Gasteiger partial charge is 0.100 e. The van der Waals surface area contributed by atoms with Crippen molar-refractivity contribution in [2.45, 2.75) is 18.5 Å². The van der Waals surface area contributed by atoms with Crippen molar-refractivity contribution in [2.75, 3.05) is 32.6 Å². The first-order valence-corrected chi connectivity index (χ1v) is 7.13. The van der Waals surface area contributed by atoms with E-state index < -0.39 is 0 Å². The van der Waals surface area contributed by atoms with Gasteiger partial charge in [-0.3, -0.25) is 0 Å². The molecule has 102 valence electrons. The predicted octanol–water partition coefficient (Wildman–Crippen LogP) is 1.54. The Kier molecular flexibility index (Phi) is 8.00. The fourth-order valence-electron chi connectivity index (χ4n) is 1.36. The summed E-state index contributed by atoms with van der Waals surface area (Å²) in [6.45, 7) is 4.60. The standard InChI is InChI=1S/C13H22N2O2S/c1-11(9-16)10-18-13-12(4-3-5-15-13)8-14-6-7-17-2/h3-5,11,14,16H,6-10H2,1-2H3. The Morgan fingerprint density at radius 2 is 2.39 bits per heavy atom. The zero-order valence-corrected chi connectivity index (χ0v) is 11.9. The highest BCUT2D eigenvalue weighted by Crippen LogP contribution is 2.22. The van der Waals surface area contributed by atoms with Crippen molar-refractivity contribution in [3.8, 4) is 0 Å². The highest BCUT2D eigenvalue weighted by Gasteiger charge is 2.06. The number of hydrogen-bond donors (Lipinski definition) is 2. The van der Waals surface area contributed by atoms with Gasteiger partial charge in [0.25, 0.3) is 0 Å². The molecule has 0 fully saturated rings. The molecule has 1 unspecified atom stereocenters. The second kappa shape index (κ2) is 9.33. The summed E-state index contributed by atoms with van der Waals surface area (Å²) in [6, 6.07) is 4.03. The number of aromatic nitrogens is 1. The molecule has 0 radical (unpaired) electrons. The van der Waals surface area contributed by atoms with Gasteiger partial charge in [-0.1, -0.05) is 13.0 Å². The number of thioether (sulfide) groups is 1. The van der Waals surface area contributed by atoms with E-state index in [-0.39, 0.29) is 6.61 Å². The number of hydrogen-bond acceptors (Lipinski definition) is 5. The lowest BCUT2D eigenvalue weighted by Gasteiger charge is -2.11. The number of methoxy groups -OCH3 is 1. The van der Waals surface area contributed by atoms with E-state index in [1.54, 1.807) is 18.9 Å². The molecule has 0 aliphatic carbocycles. The van der Waals surface area contributed by atoms with Crippen LogP contribution in [0.2, 0.25) is 0 Å². The summed E-state index contributed by atoms with van der Waals surface area (Å²) in [7, 11) is 1.70. The van der Waals surface area contributed by atoms with Crippen molar-refractivity contribution in [3.05, 3.63) is 23.9 Å². The molecule has 0 amide bonds. The molecule has 18 heavy (non-hydrogen) atoms. The number of nitrogens with one attached hydrogen (secondary N) is 1. The molecule has 0 aromatic carbocycles. The third kappa shape index (κ3) is 5.82. The van der Waals surface area contributed by atoms with Gasteiger partial charge in [-0.25, -0.2) is 4.98 Å². The minimum Gasteiger partial charge on any atom is -0.396 e. The summed E-state index contributed by atoms with van der Waals surface area (Å²) in [5.41, 5.74) is 1.20. The Morgan fingerprint density at radius 1 is 1.56 bits per heavy atom. The zero-order valence-electron chi connectivity index (χ0n) is 11.1. The Morgan fingerprint density at radius 3 is 3.11 bits per heavy atom. The number of aliphatic hydroxyl groups excluding tert-OH is 1. The Hall–Kier alpha value is -0.620. The van der Waals surface area contributed by atoms with Crippen LogP contribution in [0.1, 0.15) is 12.5 Å². The first kappa shape index (κ1) is 15.4. The number of ether oxygens (including phenoxy) is 1. The molecule has 0 saturated heterocycles. The van der Waals surface area contributed by atoms with E-state index >= 15 is 0 Å². The molecule has 4 nitrogen and oxygen atoms in total. The second-order valence-electron chi connectivity index (χ2n) is 4.24. The monoisotopic (exact) mass is 270 g/mol. The molecule has 1 heterocycles. The quantitative estimate of drug-likeness (QED) is 0.526. The largest absolute Gasteiger partial charge is 0.396 e. The van der Waals surface area contributed by atoms with Crippen LogP contribution in [-0.2, 0) is 11.3 Å². The Bertz CT molecular complexity index is 337. The van der Waals surface area contributed by atoms with Gasteiger partial charge in [0.15, 0.2) is 0 Å². The normalized spacial score (nSPS) is 12.6. The molecule has 1 atom stereocenters. The molecule has 0 spiro atoms. The van der Waals surface area contributed by atoms with Crippen molar-refractivity contribution < 1.29 is 9.84 Å². The third-order valence-corrected chi connectivity index (χ3v) is 3.84. The van der Waals surface area contributed by atoms with E-state index in [0.29, 0.717) is 12.5 Å². The lowest BCUT2D eigenvalue weighted by atomic mass is 10.2. The highest BCUT2D eigenvalue weighted by molar-refractivity contribution is 7.99. The van der Waals surface area contributed by atoms with Gasteiger partial charge in [0, 0.05) is 38.8 Å². The molecular weight excluding hydrogens is 248 g/mol. The van der Waals surface area contributed by atoms with Gasteiger partial charge >= 0.3 is 0 Å². The van der Waals surface area contributed by atoms with E-state index in [9.17, 15) is 0 Å².